The summed E-state index contributed by atoms with van der Waals surface area (Å²) < 4.78 is 0. The molecule has 2 aromatic rings. The number of nitrogens with one attached hydrogen (secondary N) is 1. The van der Waals surface area contributed by atoms with E-state index in [4.69, 9.17) is 11.6 Å². The third-order valence-corrected chi connectivity index (χ3v) is 4.15. The molecule has 2 aromatic carbocycles. The summed E-state index contributed by atoms with van der Waals surface area (Å²) in [7, 11) is 0. The second kappa shape index (κ2) is 5.68. The monoisotopic (exact) mass is 285 g/mol. The summed E-state index contributed by atoms with van der Waals surface area (Å²) in [5.74, 6) is 0.420. The SMILES string of the molecule is O=C(NC(CCl)c1ccccc1)C1Cc2ccccc21. The Morgan fingerprint density at radius 2 is 1.85 bits per heavy atom. The Balaban J connectivity index is 1.71. The molecular formula is C17H16ClNO. The van der Waals surface area contributed by atoms with Crippen LogP contribution in [0.1, 0.15) is 28.7 Å². The van der Waals surface area contributed by atoms with Crippen molar-refractivity contribution in [2.24, 2.45) is 0 Å². The van der Waals surface area contributed by atoms with Crippen molar-refractivity contribution in [3.05, 3.63) is 71.3 Å². The van der Waals surface area contributed by atoms with E-state index in [1.54, 1.807) is 0 Å². The van der Waals surface area contributed by atoms with Crippen LogP contribution in [-0.4, -0.2) is 11.8 Å². The molecule has 2 unspecified atom stereocenters. The number of alkyl halides is 1. The van der Waals surface area contributed by atoms with Gasteiger partial charge in [-0.3, -0.25) is 4.79 Å². The molecule has 1 aliphatic carbocycles. The van der Waals surface area contributed by atoms with Crippen molar-refractivity contribution in [1.82, 2.24) is 5.32 Å². The molecule has 1 aliphatic rings. The molecule has 20 heavy (non-hydrogen) atoms. The van der Waals surface area contributed by atoms with Crippen LogP contribution < -0.4 is 5.32 Å². The van der Waals surface area contributed by atoms with Crippen LogP contribution in [0.3, 0.4) is 0 Å². The minimum Gasteiger partial charge on any atom is -0.348 e. The van der Waals surface area contributed by atoms with Gasteiger partial charge in [-0.15, -0.1) is 11.6 Å². The Morgan fingerprint density at radius 3 is 2.55 bits per heavy atom. The van der Waals surface area contributed by atoms with Crippen LogP contribution in [-0.2, 0) is 11.2 Å². The molecule has 0 saturated heterocycles. The van der Waals surface area contributed by atoms with Gasteiger partial charge < -0.3 is 5.32 Å². The second-order valence-corrected chi connectivity index (χ2v) is 5.39. The highest BCUT2D eigenvalue weighted by Gasteiger charge is 2.32. The van der Waals surface area contributed by atoms with Gasteiger partial charge in [0.15, 0.2) is 0 Å². The van der Waals surface area contributed by atoms with Crippen molar-refractivity contribution in [2.45, 2.75) is 18.4 Å². The van der Waals surface area contributed by atoms with Crippen molar-refractivity contribution >= 4 is 17.5 Å². The molecule has 3 rings (SSSR count). The Morgan fingerprint density at radius 1 is 1.15 bits per heavy atom. The molecule has 3 heteroatoms. The van der Waals surface area contributed by atoms with E-state index >= 15 is 0 Å². The number of hydrogen-bond donors (Lipinski definition) is 1. The summed E-state index contributed by atoms with van der Waals surface area (Å²) in [5.41, 5.74) is 3.46. The number of carbonyl (C=O) groups excluding carboxylic acids is 1. The largest absolute Gasteiger partial charge is 0.348 e. The maximum absolute atomic E-state index is 12.4. The second-order valence-electron chi connectivity index (χ2n) is 5.08. The van der Waals surface area contributed by atoms with Gasteiger partial charge in [0.1, 0.15) is 0 Å². The van der Waals surface area contributed by atoms with Crippen LogP contribution >= 0.6 is 11.6 Å². The highest BCUT2D eigenvalue weighted by molar-refractivity contribution is 6.18. The van der Waals surface area contributed by atoms with Crippen LogP contribution in [0.4, 0.5) is 0 Å². The topological polar surface area (TPSA) is 29.1 Å². The van der Waals surface area contributed by atoms with Crippen LogP contribution in [0, 0.1) is 0 Å². The molecule has 0 radical (unpaired) electrons. The summed E-state index contributed by atoms with van der Waals surface area (Å²) in [6, 6.07) is 17.8. The fourth-order valence-corrected chi connectivity index (χ4v) is 2.92. The zero-order chi connectivity index (χ0) is 13.9. The van der Waals surface area contributed by atoms with E-state index in [0.717, 1.165) is 17.5 Å². The van der Waals surface area contributed by atoms with E-state index in [1.165, 1.54) is 5.56 Å². The molecule has 2 nitrogen and oxygen atoms in total. The highest BCUT2D eigenvalue weighted by atomic mass is 35.5. The van der Waals surface area contributed by atoms with Gasteiger partial charge >= 0.3 is 0 Å². The highest BCUT2D eigenvalue weighted by Crippen LogP contribution is 2.35. The third kappa shape index (κ3) is 2.44. The molecule has 0 heterocycles. The summed E-state index contributed by atoms with van der Waals surface area (Å²) in [6.45, 7) is 0. The Bertz CT molecular complexity index is 611. The molecule has 0 saturated carbocycles. The van der Waals surface area contributed by atoms with Crippen LogP contribution in [0.2, 0.25) is 0 Å². The molecular weight excluding hydrogens is 270 g/mol. The number of amides is 1. The molecule has 0 bridgehead atoms. The van der Waals surface area contributed by atoms with Crippen molar-refractivity contribution in [3.63, 3.8) is 0 Å². The summed E-state index contributed by atoms with van der Waals surface area (Å²) >= 11 is 6.00. The molecule has 0 spiro atoms. The van der Waals surface area contributed by atoms with Gasteiger partial charge in [0.2, 0.25) is 5.91 Å². The smallest absolute Gasteiger partial charge is 0.228 e. The van der Waals surface area contributed by atoms with Crippen molar-refractivity contribution in [1.29, 1.82) is 0 Å². The van der Waals surface area contributed by atoms with E-state index < -0.39 is 0 Å². The zero-order valence-corrected chi connectivity index (χ0v) is 11.8. The average molecular weight is 286 g/mol. The standard InChI is InChI=1S/C17H16ClNO/c18-11-16(12-6-2-1-3-7-12)19-17(20)15-10-13-8-4-5-9-14(13)15/h1-9,15-16H,10-11H2,(H,19,20). The minimum absolute atomic E-state index is 0.0272. The number of fused-ring (bicyclic) bond motifs is 1. The van der Waals surface area contributed by atoms with Crippen molar-refractivity contribution in [2.75, 3.05) is 5.88 Å². The van der Waals surface area contributed by atoms with Gasteiger partial charge in [0.05, 0.1) is 12.0 Å². The average Bonchev–Trinajstić information content (AvgIpc) is 2.47. The Hall–Kier alpha value is -1.80. The van der Waals surface area contributed by atoms with Gasteiger partial charge in [-0.2, -0.15) is 0 Å². The molecule has 102 valence electrons. The molecule has 0 aliphatic heterocycles. The summed E-state index contributed by atoms with van der Waals surface area (Å²) in [4.78, 5) is 12.4. The Labute approximate surface area is 123 Å². The van der Waals surface area contributed by atoms with E-state index in [-0.39, 0.29) is 17.9 Å². The lowest BCUT2D eigenvalue weighted by Gasteiger charge is -2.30. The van der Waals surface area contributed by atoms with E-state index in [2.05, 4.69) is 11.4 Å². The maximum Gasteiger partial charge on any atom is 0.228 e. The van der Waals surface area contributed by atoms with Gasteiger partial charge in [-0.05, 0) is 23.1 Å². The first-order chi connectivity index (χ1) is 9.79. The van der Waals surface area contributed by atoms with Gasteiger partial charge in [-0.25, -0.2) is 0 Å². The predicted molar refractivity (Wildman–Crippen MR) is 80.9 cm³/mol. The summed E-state index contributed by atoms with van der Waals surface area (Å²) in [5, 5.41) is 3.05. The number of benzene rings is 2. The van der Waals surface area contributed by atoms with Gasteiger partial charge in [-0.1, -0.05) is 54.6 Å². The molecule has 2 atom stereocenters. The first-order valence-corrected chi connectivity index (χ1v) is 7.32. The quantitative estimate of drug-likeness (QED) is 0.857. The van der Waals surface area contributed by atoms with Gasteiger partial charge in [0.25, 0.3) is 0 Å². The van der Waals surface area contributed by atoms with E-state index in [9.17, 15) is 4.79 Å². The van der Waals surface area contributed by atoms with E-state index in [1.807, 2.05) is 48.5 Å². The number of halogens is 1. The zero-order valence-electron chi connectivity index (χ0n) is 11.1. The molecule has 0 fully saturated rings. The molecule has 0 aromatic heterocycles. The first kappa shape index (κ1) is 13.2. The third-order valence-electron chi connectivity index (χ3n) is 3.84. The number of hydrogen-bond acceptors (Lipinski definition) is 1. The fourth-order valence-electron chi connectivity index (χ4n) is 2.66. The number of carbonyl (C=O) groups is 1. The lowest BCUT2D eigenvalue weighted by atomic mass is 9.77. The predicted octanol–water partition coefficient (Wildman–Crippen LogP) is 3.42. The lowest BCUT2D eigenvalue weighted by Crippen LogP contribution is -2.38. The van der Waals surface area contributed by atoms with Crippen LogP contribution in [0.25, 0.3) is 0 Å². The van der Waals surface area contributed by atoms with Gasteiger partial charge in [0, 0.05) is 5.88 Å². The minimum atomic E-state index is -0.127. The van der Waals surface area contributed by atoms with Crippen LogP contribution in [0.15, 0.2) is 54.6 Å². The first-order valence-electron chi connectivity index (χ1n) is 6.78. The molecule has 1 N–H and O–H groups in total. The van der Waals surface area contributed by atoms with Crippen LogP contribution in [0.5, 0.6) is 0 Å². The normalized spacial score (nSPS) is 17.8. The fraction of sp³-hybridized carbons (Fsp3) is 0.235. The van der Waals surface area contributed by atoms with Crippen molar-refractivity contribution in [3.8, 4) is 0 Å². The summed E-state index contributed by atoms with van der Waals surface area (Å²) in [6.07, 6.45) is 0.825. The van der Waals surface area contributed by atoms with Crippen molar-refractivity contribution < 1.29 is 4.79 Å². The Kier molecular flexibility index (Phi) is 3.75. The molecule has 1 amide bonds. The number of rotatable bonds is 4. The maximum atomic E-state index is 12.4. The van der Waals surface area contributed by atoms with E-state index in [0.29, 0.717) is 5.88 Å². The lowest BCUT2D eigenvalue weighted by molar-refractivity contribution is -0.123.